The minimum atomic E-state index is -1.53. The zero-order valence-corrected chi connectivity index (χ0v) is 16.0. The minimum Gasteiger partial charge on any atom is -0.444 e. The number of ketones is 1. The number of rotatable bonds is 3. The highest BCUT2D eigenvalue weighted by molar-refractivity contribution is 9.09. The molecule has 9 heteroatoms. The summed E-state index contributed by atoms with van der Waals surface area (Å²) in [6, 6.07) is -0.894. The molecule has 0 radical (unpaired) electrons. The summed E-state index contributed by atoms with van der Waals surface area (Å²) in [7, 11) is 0. The number of Topliss-reactive ketones (excluding diaryl/α,β-unsaturated/α-hetero) is 1. The molecule has 2 unspecified atom stereocenters. The van der Waals surface area contributed by atoms with Gasteiger partial charge >= 0.3 is 6.09 Å². The lowest BCUT2D eigenvalue weighted by atomic mass is 9.94. The Kier molecular flexibility index (Phi) is 5.99. The van der Waals surface area contributed by atoms with Crippen LogP contribution in [0.25, 0.3) is 0 Å². The molecule has 1 aliphatic heterocycles. The van der Waals surface area contributed by atoms with Crippen LogP contribution in [-0.2, 0) is 9.53 Å². The Hall–Kier alpha value is -1.64. The van der Waals surface area contributed by atoms with Crippen molar-refractivity contribution in [3.8, 4) is 0 Å². The number of nitrogens with zero attached hydrogens (tertiary/aromatic N) is 1. The highest BCUT2D eigenvalue weighted by atomic mass is 79.9. The van der Waals surface area contributed by atoms with Gasteiger partial charge in [-0.15, -0.1) is 0 Å². The van der Waals surface area contributed by atoms with Crippen LogP contribution in [0.15, 0.2) is 6.07 Å². The Balaban J connectivity index is 2.40. The van der Waals surface area contributed by atoms with Crippen molar-refractivity contribution in [2.24, 2.45) is 0 Å². The molecule has 1 aromatic carbocycles. The van der Waals surface area contributed by atoms with Crippen molar-refractivity contribution in [3.05, 3.63) is 34.9 Å². The molecule has 2 atom stereocenters. The third-order valence-corrected chi connectivity index (χ3v) is 4.54. The van der Waals surface area contributed by atoms with Crippen molar-refractivity contribution in [1.29, 1.82) is 0 Å². The molecule has 1 saturated heterocycles. The molecule has 1 fully saturated rings. The quantitative estimate of drug-likeness (QED) is 0.400. The van der Waals surface area contributed by atoms with Crippen molar-refractivity contribution in [2.45, 2.75) is 44.8 Å². The number of likely N-dealkylation sites (tertiary alicyclic amines) is 1. The van der Waals surface area contributed by atoms with Gasteiger partial charge in [0.2, 0.25) is 0 Å². The summed E-state index contributed by atoms with van der Waals surface area (Å²) in [4.78, 5) is 25.6. The van der Waals surface area contributed by atoms with Gasteiger partial charge in [-0.2, -0.15) is 0 Å². The summed E-state index contributed by atoms with van der Waals surface area (Å²) in [6.45, 7) is 4.58. The number of ether oxygens (including phenoxy) is 1. The van der Waals surface area contributed by atoms with E-state index < -0.39 is 58.3 Å². The van der Waals surface area contributed by atoms with E-state index >= 15 is 0 Å². The average molecular weight is 440 g/mol. The molecule has 1 heterocycles. The van der Waals surface area contributed by atoms with Gasteiger partial charge in [-0.3, -0.25) is 9.69 Å². The van der Waals surface area contributed by atoms with Crippen molar-refractivity contribution in [1.82, 2.24) is 4.90 Å². The molecular weight excluding hydrogens is 422 g/mol. The van der Waals surface area contributed by atoms with E-state index in [9.17, 15) is 27.2 Å². The standard InChI is InChI=1S/C17H18BrF4NO3/c1-17(2,3)26-16(25)23-7-8(4-11(23)12(24)6-18)13-14(21)9(19)5-10(20)15(13)22/h5,8,11H,4,6-7H2,1-3H3. The lowest BCUT2D eigenvalue weighted by Gasteiger charge is -2.27. The molecule has 0 aromatic heterocycles. The van der Waals surface area contributed by atoms with E-state index in [2.05, 4.69) is 15.9 Å². The van der Waals surface area contributed by atoms with Crippen molar-refractivity contribution >= 4 is 27.8 Å². The minimum absolute atomic E-state index is 0.0911. The maximum Gasteiger partial charge on any atom is 0.410 e. The van der Waals surface area contributed by atoms with E-state index in [1.807, 2.05) is 0 Å². The van der Waals surface area contributed by atoms with Crippen LogP contribution >= 0.6 is 15.9 Å². The maximum absolute atomic E-state index is 14.1. The number of hydrogen-bond donors (Lipinski definition) is 0. The molecule has 0 saturated carbocycles. The molecule has 26 heavy (non-hydrogen) atoms. The second-order valence-electron chi connectivity index (χ2n) is 7.06. The van der Waals surface area contributed by atoms with Gasteiger partial charge in [-0.05, 0) is 27.2 Å². The third kappa shape index (κ3) is 4.19. The summed E-state index contributed by atoms with van der Waals surface area (Å²) < 4.78 is 60.4. The molecule has 2 rings (SSSR count). The molecular formula is C17H18BrF4NO3. The molecule has 0 N–H and O–H groups in total. The van der Waals surface area contributed by atoms with Crippen LogP contribution in [0.5, 0.6) is 0 Å². The molecule has 0 spiro atoms. The second kappa shape index (κ2) is 7.54. The maximum atomic E-state index is 14.1. The Labute approximate surface area is 156 Å². The van der Waals surface area contributed by atoms with Crippen LogP contribution in [0.3, 0.4) is 0 Å². The first-order chi connectivity index (χ1) is 12.0. The lowest BCUT2D eigenvalue weighted by molar-refractivity contribution is -0.120. The Bertz CT molecular complexity index is 709. The Morgan fingerprint density at radius 1 is 1.19 bits per heavy atom. The number of halogens is 5. The summed E-state index contributed by atoms with van der Waals surface area (Å²) in [5, 5.41) is -0.0911. The highest BCUT2D eigenvalue weighted by Crippen LogP contribution is 2.37. The highest BCUT2D eigenvalue weighted by Gasteiger charge is 2.43. The fraction of sp³-hybridized carbons (Fsp3) is 0.529. The topological polar surface area (TPSA) is 46.6 Å². The average Bonchev–Trinajstić information content (AvgIpc) is 2.96. The van der Waals surface area contributed by atoms with Crippen molar-refractivity contribution < 1.29 is 31.9 Å². The van der Waals surface area contributed by atoms with Gasteiger partial charge in [0.15, 0.2) is 29.1 Å². The van der Waals surface area contributed by atoms with Gasteiger partial charge in [0.05, 0.1) is 11.4 Å². The second-order valence-corrected chi connectivity index (χ2v) is 7.62. The monoisotopic (exact) mass is 439 g/mol. The summed E-state index contributed by atoms with van der Waals surface area (Å²) >= 11 is 2.99. The van der Waals surface area contributed by atoms with Crippen LogP contribution in [-0.4, -0.2) is 40.3 Å². The van der Waals surface area contributed by atoms with E-state index in [1.54, 1.807) is 20.8 Å². The van der Waals surface area contributed by atoms with E-state index in [-0.39, 0.29) is 24.4 Å². The van der Waals surface area contributed by atoms with E-state index in [0.29, 0.717) is 0 Å². The fourth-order valence-electron chi connectivity index (χ4n) is 2.91. The Morgan fingerprint density at radius 3 is 2.19 bits per heavy atom. The smallest absolute Gasteiger partial charge is 0.410 e. The molecule has 144 valence electrons. The zero-order valence-electron chi connectivity index (χ0n) is 14.4. The Morgan fingerprint density at radius 2 is 1.73 bits per heavy atom. The summed E-state index contributed by atoms with van der Waals surface area (Å²) in [5.74, 6) is -7.59. The van der Waals surface area contributed by atoms with Gasteiger partial charge in [0.25, 0.3) is 0 Å². The number of benzene rings is 1. The van der Waals surface area contributed by atoms with Gasteiger partial charge in [0, 0.05) is 24.1 Å². The first kappa shape index (κ1) is 20.7. The summed E-state index contributed by atoms with van der Waals surface area (Å²) in [6.07, 6.45) is -1.00. The summed E-state index contributed by atoms with van der Waals surface area (Å²) in [5.41, 5.74) is -1.65. The van der Waals surface area contributed by atoms with Crippen LogP contribution in [0.4, 0.5) is 22.4 Å². The number of carbonyl (C=O) groups excluding carboxylic acids is 2. The first-order valence-electron chi connectivity index (χ1n) is 7.87. The van der Waals surface area contributed by atoms with E-state index in [0.717, 1.165) is 4.90 Å². The lowest BCUT2D eigenvalue weighted by Crippen LogP contribution is -2.43. The van der Waals surface area contributed by atoms with E-state index in [4.69, 9.17) is 4.74 Å². The largest absolute Gasteiger partial charge is 0.444 e. The zero-order chi connectivity index (χ0) is 19.8. The van der Waals surface area contributed by atoms with Crippen LogP contribution in [0.2, 0.25) is 0 Å². The fourth-order valence-corrected chi connectivity index (χ4v) is 3.29. The van der Waals surface area contributed by atoms with Crippen LogP contribution < -0.4 is 0 Å². The first-order valence-corrected chi connectivity index (χ1v) is 8.99. The molecule has 1 aliphatic rings. The molecule has 1 amide bonds. The molecule has 1 aromatic rings. The number of carbonyl (C=O) groups is 2. The predicted molar refractivity (Wildman–Crippen MR) is 89.2 cm³/mol. The predicted octanol–water partition coefficient (Wildman–Crippen LogP) is 4.30. The normalized spacial score (nSPS) is 20.4. The number of alkyl halides is 1. The van der Waals surface area contributed by atoms with Crippen molar-refractivity contribution in [2.75, 3.05) is 11.9 Å². The molecule has 0 aliphatic carbocycles. The van der Waals surface area contributed by atoms with Gasteiger partial charge < -0.3 is 4.74 Å². The molecule has 0 bridgehead atoms. The van der Waals surface area contributed by atoms with E-state index in [1.165, 1.54) is 0 Å². The SMILES string of the molecule is CC(C)(C)OC(=O)N1CC(c2c(F)c(F)cc(F)c2F)CC1C(=O)CBr. The van der Waals surface area contributed by atoms with Crippen LogP contribution in [0, 0.1) is 23.3 Å². The van der Waals surface area contributed by atoms with Crippen molar-refractivity contribution in [3.63, 3.8) is 0 Å². The van der Waals surface area contributed by atoms with Gasteiger partial charge in [-0.1, -0.05) is 15.9 Å². The van der Waals surface area contributed by atoms with Gasteiger partial charge in [0.1, 0.15) is 5.60 Å². The number of hydrogen-bond acceptors (Lipinski definition) is 3. The van der Waals surface area contributed by atoms with Gasteiger partial charge in [-0.25, -0.2) is 22.4 Å². The number of amides is 1. The van der Waals surface area contributed by atoms with Crippen LogP contribution in [0.1, 0.15) is 38.7 Å². The third-order valence-electron chi connectivity index (χ3n) is 3.99. The molecule has 4 nitrogen and oxygen atoms in total.